The summed E-state index contributed by atoms with van der Waals surface area (Å²) in [5.41, 5.74) is 2.99. The van der Waals surface area contributed by atoms with E-state index in [0.717, 1.165) is 17.7 Å². The number of carbonyl (C=O) groups excluding carboxylic acids is 2. The summed E-state index contributed by atoms with van der Waals surface area (Å²) in [6.07, 6.45) is 1.22. The molecule has 0 radical (unpaired) electrons. The summed E-state index contributed by atoms with van der Waals surface area (Å²) < 4.78 is 10.5. The van der Waals surface area contributed by atoms with Crippen molar-refractivity contribution in [3.63, 3.8) is 0 Å². The van der Waals surface area contributed by atoms with Crippen LogP contribution in [0.25, 0.3) is 0 Å². The molecule has 1 N–H and O–H groups in total. The van der Waals surface area contributed by atoms with Crippen molar-refractivity contribution in [1.29, 1.82) is 0 Å². The van der Waals surface area contributed by atoms with Crippen LogP contribution in [0.5, 0.6) is 11.5 Å². The highest BCUT2D eigenvalue weighted by molar-refractivity contribution is 6.06. The minimum Gasteiger partial charge on any atom is -0.497 e. The molecule has 2 aromatic carbocycles. The van der Waals surface area contributed by atoms with Gasteiger partial charge in [0.25, 0.3) is 5.91 Å². The molecule has 1 heterocycles. The van der Waals surface area contributed by atoms with Crippen LogP contribution in [-0.2, 0) is 11.2 Å². The molecule has 1 aliphatic heterocycles. The monoisotopic (exact) mass is 354 g/mol. The van der Waals surface area contributed by atoms with E-state index >= 15 is 0 Å². The molecule has 0 saturated carbocycles. The van der Waals surface area contributed by atoms with Gasteiger partial charge in [-0.15, -0.1) is 0 Å². The van der Waals surface area contributed by atoms with Crippen LogP contribution in [0, 0.1) is 0 Å². The van der Waals surface area contributed by atoms with Crippen LogP contribution in [0.2, 0.25) is 0 Å². The molecule has 0 aliphatic carbocycles. The van der Waals surface area contributed by atoms with E-state index in [9.17, 15) is 9.59 Å². The smallest absolute Gasteiger partial charge is 0.255 e. The summed E-state index contributed by atoms with van der Waals surface area (Å²) in [5.74, 6) is 1.05. The second-order valence-corrected chi connectivity index (χ2v) is 6.01. The molecule has 26 heavy (non-hydrogen) atoms. The van der Waals surface area contributed by atoms with Gasteiger partial charge in [0, 0.05) is 30.3 Å². The summed E-state index contributed by atoms with van der Waals surface area (Å²) >= 11 is 0. The molecule has 0 aromatic heterocycles. The van der Waals surface area contributed by atoms with E-state index in [4.69, 9.17) is 9.47 Å². The number of hydrogen-bond donors (Lipinski definition) is 1. The zero-order chi connectivity index (χ0) is 18.7. The number of fused-ring (bicyclic) bond motifs is 1. The maximum atomic E-state index is 12.7. The van der Waals surface area contributed by atoms with Gasteiger partial charge in [0.05, 0.1) is 19.9 Å². The second kappa shape index (κ2) is 7.47. The lowest BCUT2D eigenvalue weighted by molar-refractivity contribution is -0.118. The lowest BCUT2D eigenvalue weighted by Crippen LogP contribution is -2.27. The van der Waals surface area contributed by atoms with Crippen LogP contribution < -0.4 is 19.7 Å². The Balaban J connectivity index is 1.83. The van der Waals surface area contributed by atoms with Crippen LogP contribution in [0.4, 0.5) is 11.4 Å². The Morgan fingerprint density at radius 3 is 2.62 bits per heavy atom. The Morgan fingerprint density at radius 1 is 1.12 bits per heavy atom. The first-order valence-corrected chi connectivity index (χ1v) is 8.54. The molecule has 2 amide bonds. The van der Waals surface area contributed by atoms with Crippen LogP contribution in [0.1, 0.15) is 29.3 Å². The van der Waals surface area contributed by atoms with E-state index in [1.807, 2.05) is 19.1 Å². The van der Waals surface area contributed by atoms with Gasteiger partial charge >= 0.3 is 0 Å². The number of carbonyl (C=O) groups is 2. The van der Waals surface area contributed by atoms with E-state index in [1.54, 1.807) is 43.4 Å². The first-order chi connectivity index (χ1) is 12.6. The zero-order valence-corrected chi connectivity index (χ0v) is 15.2. The predicted molar refractivity (Wildman–Crippen MR) is 100 cm³/mol. The van der Waals surface area contributed by atoms with Crippen LogP contribution in [-0.4, -0.2) is 32.6 Å². The quantitative estimate of drug-likeness (QED) is 0.895. The minimum atomic E-state index is -0.236. The van der Waals surface area contributed by atoms with Crippen molar-refractivity contribution in [1.82, 2.24) is 0 Å². The lowest BCUT2D eigenvalue weighted by atomic mass is 10.1. The van der Waals surface area contributed by atoms with Crippen molar-refractivity contribution in [3.05, 3.63) is 47.5 Å². The molecular weight excluding hydrogens is 332 g/mol. The number of anilines is 2. The molecular formula is C20H22N2O4. The fourth-order valence-electron chi connectivity index (χ4n) is 3.10. The molecule has 0 bridgehead atoms. The number of rotatable bonds is 5. The van der Waals surface area contributed by atoms with E-state index in [2.05, 4.69) is 5.32 Å². The van der Waals surface area contributed by atoms with E-state index in [-0.39, 0.29) is 11.8 Å². The maximum Gasteiger partial charge on any atom is 0.255 e. The predicted octanol–water partition coefficient (Wildman–Crippen LogP) is 3.26. The topological polar surface area (TPSA) is 67.9 Å². The number of ether oxygens (including phenoxy) is 2. The van der Waals surface area contributed by atoms with Crippen molar-refractivity contribution in [2.24, 2.45) is 0 Å². The largest absolute Gasteiger partial charge is 0.497 e. The maximum absolute atomic E-state index is 12.7. The van der Waals surface area contributed by atoms with Crippen molar-refractivity contribution >= 4 is 23.2 Å². The van der Waals surface area contributed by atoms with Gasteiger partial charge in [0.15, 0.2) is 0 Å². The average molecular weight is 354 g/mol. The Morgan fingerprint density at radius 2 is 1.92 bits per heavy atom. The van der Waals surface area contributed by atoms with E-state index < -0.39 is 0 Å². The molecule has 0 fully saturated rings. The Bertz CT molecular complexity index is 848. The Labute approximate surface area is 152 Å². The molecule has 136 valence electrons. The van der Waals surface area contributed by atoms with Gasteiger partial charge in [-0.1, -0.05) is 6.92 Å². The molecule has 0 saturated heterocycles. The van der Waals surface area contributed by atoms with Crippen molar-refractivity contribution in [2.45, 2.75) is 19.8 Å². The highest BCUT2D eigenvalue weighted by Crippen LogP contribution is 2.31. The van der Waals surface area contributed by atoms with Gasteiger partial charge in [-0.3, -0.25) is 9.59 Å². The number of benzene rings is 2. The normalized spacial score (nSPS) is 12.5. The number of amides is 2. The van der Waals surface area contributed by atoms with Gasteiger partial charge in [-0.2, -0.15) is 0 Å². The third-order valence-corrected chi connectivity index (χ3v) is 4.50. The molecule has 1 aliphatic rings. The number of nitrogens with zero attached hydrogens (tertiary/aromatic N) is 1. The summed E-state index contributed by atoms with van der Waals surface area (Å²) in [4.78, 5) is 26.4. The summed E-state index contributed by atoms with van der Waals surface area (Å²) in [5, 5.41) is 2.86. The SMILES string of the molecule is CCC(=O)N1CCc2cc(C(=O)Nc3cc(OC)ccc3OC)ccc21. The highest BCUT2D eigenvalue weighted by Gasteiger charge is 2.24. The Kier molecular flexibility index (Phi) is 5.11. The van der Waals surface area contributed by atoms with Gasteiger partial charge in [-0.05, 0) is 42.3 Å². The third kappa shape index (κ3) is 3.35. The summed E-state index contributed by atoms with van der Waals surface area (Å²) in [7, 11) is 3.11. The Hall–Kier alpha value is -3.02. The zero-order valence-electron chi connectivity index (χ0n) is 15.2. The van der Waals surface area contributed by atoms with E-state index in [0.29, 0.717) is 35.7 Å². The van der Waals surface area contributed by atoms with Crippen LogP contribution in [0.15, 0.2) is 36.4 Å². The van der Waals surface area contributed by atoms with Gasteiger partial charge in [0.1, 0.15) is 11.5 Å². The van der Waals surface area contributed by atoms with Gasteiger partial charge < -0.3 is 19.7 Å². The van der Waals surface area contributed by atoms with Crippen molar-refractivity contribution < 1.29 is 19.1 Å². The van der Waals surface area contributed by atoms with Crippen LogP contribution >= 0.6 is 0 Å². The molecule has 6 heteroatoms. The number of hydrogen-bond acceptors (Lipinski definition) is 4. The first-order valence-electron chi connectivity index (χ1n) is 8.54. The van der Waals surface area contributed by atoms with Gasteiger partial charge in [0.2, 0.25) is 5.91 Å². The number of methoxy groups -OCH3 is 2. The molecule has 0 atom stereocenters. The molecule has 0 spiro atoms. The highest BCUT2D eigenvalue weighted by atomic mass is 16.5. The standard InChI is InChI=1S/C20H22N2O4/c1-4-19(23)22-10-9-13-11-14(5-7-17(13)22)20(24)21-16-12-15(25-2)6-8-18(16)26-3/h5-8,11-12H,4,9-10H2,1-3H3,(H,21,24). The summed E-state index contributed by atoms with van der Waals surface area (Å²) in [6.45, 7) is 2.51. The van der Waals surface area contributed by atoms with Crippen LogP contribution in [0.3, 0.4) is 0 Å². The molecule has 2 aromatic rings. The fourth-order valence-corrected chi connectivity index (χ4v) is 3.10. The average Bonchev–Trinajstić information content (AvgIpc) is 3.10. The molecule has 6 nitrogen and oxygen atoms in total. The molecule has 0 unspecified atom stereocenters. The second-order valence-electron chi connectivity index (χ2n) is 6.01. The number of nitrogens with one attached hydrogen (secondary N) is 1. The lowest BCUT2D eigenvalue weighted by Gasteiger charge is -2.16. The fraction of sp³-hybridized carbons (Fsp3) is 0.300. The minimum absolute atomic E-state index is 0.0991. The summed E-state index contributed by atoms with van der Waals surface area (Å²) in [6, 6.07) is 10.6. The van der Waals surface area contributed by atoms with E-state index in [1.165, 1.54) is 0 Å². The molecule has 3 rings (SSSR count). The third-order valence-electron chi connectivity index (χ3n) is 4.50. The first kappa shape index (κ1) is 17.8. The van der Waals surface area contributed by atoms with Gasteiger partial charge in [-0.25, -0.2) is 0 Å². The van der Waals surface area contributed by atoms with Crippen molar-refractivity contribution in [3.8, 4) is 11.5 Å². The van der Waals surface area contributed by atoms with Crippen molar-refractivity contribution in [2.75, 3.05) is 31.0 Å².